The van der Waals surface area contributed by atoms with E-state index in [9.17, 15) is 8.78 Å². The Bertz CT molecular complexity index is 1230. The highest BCUT2D eigenvalue weighted by atomic mass is 32.2. The molecule has 1 aromatic carbocycles. The van der Waals surface area contributed by atoms with Gasteiger partial charge in [0.2, 0.25) is 0 Å². The maximum Gasteiger partial charge on any atom is 0.153 e. The minimum Gasteiger partial charge on any atom is -0.328 e. The molecule has 0 radical (unpaired) electrons. The first-order valence-corrected chi connectivity index (χ1v) is 12.0. The number of hydrogen-bond acceptors (Lipinski definition) is 5. The van der Waals surface area contributed by atoms with Crippen molar-refractivity contribution in [2.24, 2.45) is 10.9 Å². The zero-order chi connectivity index (χ0) is 24.4. The number of allylic oxidation sites excluding steroid dienone is 2. The summed E-state index contributed by atoms with van der Waals surface area (Å²) in [5, 5.41) is 17.3. The predicted octanol–water partition coefficient (Wildman–Crippen LogP) is 5.74. The zero-order valence-corrected chi connectivity index (χ0v) is 20.4. The molecule has 0 amide bonds. The summed E-state index contributed by atoms with van der Waals surface area (Å²) >= 11 is 1.28. The number of thioether (sulfide) groups is 1. The summed E-state index contributed by atoms with van der Waals surface area (Å²) in [6.07, 6.45) is 7.27. The van der Waals surface area contributed by atoms with Gasteiger partial charge in [-0.3, -0.25) is 10.2 Å². The standard InChI is InChI=1S/C24H27F2N7S/c1-13-8-21(32-31-13)30-24(22(16-6-7-16)14(2)17-11-27-28-12-17)29-15(3)33(4)23-19(25)9-18(34-5)10-20(23)26/h8-12,16H,2,6-7H2,1,3-5H3,(H,27,28)(H2,30,31,32)/b24-22-,29-15+. The van der Waals surface area contributed by atoms with Crippen LogP contribution in [0, 0.1) is 24.5 Å². The van der Waals surface area contributed by atoms with Crippen molar-refractivity contribution in [2.75, 3.05) is 23.5 Å². The quantitative estimate of drug-likeness (QED) is 0.165. The largest absolute Gasteiger partial charge is 0.328 e. The summed E-state index contributed by atoms with van der Waals surface area (Å²) in [4.78, 5) is 6.73. The normalized spacial score (nSPS) is 14.7. The average molecular weight is 484 g/mol. The monoisotopic (exact) mass is 483 g/mol. The van der Waals surface area contributed by atoms with E-state index < -0.39 is 11.6 Å². The first-order chi connectivity index (χ1) is 16.3. The highest BCUT2D eigenvalue weighted by Gasteiger charge is 2.32. The molecule has 1 saturated carbocycles. The van der Waals surface area contributed by atoms with Crippen LogP contribution in [0.4, 0.5) is 20.3 Å². The third-order valence-corrected chi connectivity index (χ3v) is 6.39. The fourth-order valence-electron chi connectivity index (χ4n) is 3.66. The van der Waals surface area contributed by atoms with Crippen molar-refractivity contribution in [3.05, 3.63) is 71.5 Å². The van der Waals surface area contributed by atoms with Crippen LogP contribution >= 0.6 is 11.8 Å². The maximum absolute atomic E-state index is 14.8. The molecule has 3 aromatic rings. The van der Waals surface area contributed by atoms with Crippen LogP contribution in [0.25, 0.3) is 5.57 Å². The van der Waals surface area contributed by atoms with E-state index in [4.69, 9.17) is 4.99 Å². The molecule has 0 unspecified atom stereocenters. The van der Waals surface area contributed by atoms with Gasteiger partial charge in [0.05, 0.1) is 6.20 Å². The van der Waals surface area contributed by atoms with Crippen LogP contribution in [0.15, 0.2) is 58.5 Å². The van der Waals surface area contributed by atoms with Crippen molar-refractivity contribution in [1.82, 2.24) is 20.4 Å². The summed E-state index contributed by atoms with van der Waals surface area (Å²) < 4.78 is 29.6. The number of benzene rings is 1. The van der Waals surface area contributed by atoms with Crippen LogP contribution < -0.4 is 10.2 Å². The van der Waals surface area contributed by atoms with Gasteiger partial charge in [-0.25, -0.2) is 13.8 Å². The van der Waals surface area contributed by atoms with Crippen LogP contribution in [0.3, 0.4) is 0 Å². The summed E-state index contributed by atoms with van der Waals surface area (Å²) in [7, 11) is 1.59. The van der Waals surface area contributed by atoms with Gasteiger partial charge in [-0.05, 0) is 56.6 Å². The second kappa shape index (κ2) is 9.84. The van der Waals surface area contributed by atoms with Gasteiger partial charge in [-0.15, -0.1) is 11.8 Å². The highest BCUT2D eigenvalue weighted by Crippen LogP contribution is 2.44. The lowest BCUT2D eigenvalue weighted by Gasteiger charge is -2.22. The topological polar surface area (TPSA) is 85.0 Å². The fraction of sp³-hybridized carbons (Fsp3) is 0.292. The van der Waals surface area contributed by atoms with Crippen LogP contribution in [-0.2, 0) is 0 Å². The van der Waals surface area contributed by atoms with Gasteiger partial charge < -0.3 is 10.2 Å². The molecule has 1 aliphatic rings. The third kappa shape index (κ3) is 5.06. The Balaban J connectivity index is 1.79. The maximum atomic E-state index is 14.8. The molecule has 0 spiro atoms. The van der Waals surface area contributed by atoms with Gasteiger partial charge in [0.15, 0.2) is 17.5 Å². The Hall–Kier alpha value is -3.40. The number of H-pyrrole nitrogens is 2. The first-order valence-electron chi connectivity index (χ1n) is 10.8. The van der Waals surface area contributed by atoms with E-state index in [2.05, 4.69) is 32.3 Å². The van der Waals surface area contributed by atoms with Crippen molar-refractivity contribution < 1.29 is 8.78 Å². The van der Waals surface area contributed by atoms with Gasteiger partial charge in [-0.1, -0.05) is 6.58 Å². The lowest BCUT2D eigenvalue weighted by Crippen LogP contribution is -2.26. The van der Waals surface area contributed by atoms with Crippen LogP contribution in [0.5, 0.6) is 0 Å². The predicted molar refractivity (Wildman–Crippen MR) is 134 cm³/mol. The number of halogens is 2. The molecule has 0 atom stereocenters. The molecule has 178 valence electrons. The fourth-order valence-corrected chi connectivity index (χ4v) is 4.11. The van der Waals surface area contributed by atoms with Crippen molar-refractivity contribution in [2.45, 2.75) is 31.6 Å². The van der Waals surface area contributed by atoms with Crippen molar-refractivity contribution >= 4 is 34.7 Å². The van der Waals surface area contributed by atoms with Gasteiger partial charge in [0, 0.05) is 41.0 Å². The van der Waals surface area contributed by atoms with E-state index in [0.29, 0.717) is 22.4 Å². The Morgan fingerprint density at radius 1 is 1.26 bits per heavy atom. The summed E-state index contributed by atoms with van der Waals surface area (Å²) in [5.41, 5.74) is 3.29. The molecule has 3 N–H and O–H groups in total. The number of aryl methyl sites for hydroxylation is 1. The van der Waals surface area contributed by atoms with E-state index in [1.54, 1.807) is 32.6 Å². The summed E-state index contributed by atoms with van der Waals surface area (Å²) in [5.74, 6) is 0.502. The minimum atomic E-state index is -0.645. The highest BCUT2D eigenvalue weighted by molar-refractivity contribution is 7.98. The van der Waals surface area contributed by atoms with Gasteiger partial charge >= 0.3 is 0 Å². The molecule has 2 heterocycles. The number of nitrogens with zero attached hydrogens (tertiary/aromatic N) is 4. The smallest absolute Gasteiger partial charge is 0.153 e. The Kier molecular flexibility index (Phi) is 6.87. The molecular formula is C24H27F2N7S. The zero-order valence-electron chi connectivity index (χ0n) is 19.5. The minimum absolute atomic E-state index is 0.157. The Labute approximate surface area is 201 Å². The SMILES string of the molecule is C=C(/C(=C(\N=C(/C)N(C)c1c(F)cc(SC)cc1F)Nc1cc(C)[nH]n1)C1CC1)c1cn[nH]c1. The van der Waals surface area contributed by atoms with E-state index in [1.807, 2.05) is 13.0 Å². The van der Waals surface area contributed by atoms with Gasteiger partial charge in [0.1, 0.15) is 17.3 Å². The summed E-state index contributed by atoms with van der Waals surface area (Å²) in [6, 6.07) is 4.51. The van der Waals surface area contributed by atoms with Crippen LogP contribution in [0.1, 0.15) is 31.0 Å². The number of aromatic amines is 2. The average Bonchev–Trinajstić information content (AvgIpc) is 3.29. The Morgan fingerprint density at radius 3 is 2.50 bits per heavy atom. The molecular weight excluding hydrogens is 456 g/mol. The number of aromatic nitrogens is 4. The van der Waals surface area contributed by atoms with E-state index >= 15 is 0 Å². The molecule has 2 aromatic heterocycles. The second-order valence-electron chi connectivity index (χ2n) is 8.22. The number of hydrogen-bond donors (Lipinski definition) is 3. The summed E-state index contributed by atoms with van der Waals surface area (Å²) in [6.45, 7) is 7.91. The molecule has 10 heteroatoms. The van der Waals surface area contributed by atoms with Crippen LogP contribution in [0.2, 0.25) is 0 Å². The van der Waals surface area contributed by atoms with Gasteiger partial charge in [0.25, 0.3) is 0 Å². The first kappa shape index (κ1) is 23.7. The Morgan fingerprint density at radius 2 is 1.97 bits per heavy atom. The lowest BCUT2D eigenvalue weighted by atomic mass is 9.98. The van der Waals surface area contributed by atoms with Crippen molar-refractivity contribution in [3.8, 4) is 0 Å². The number of nitrogens with one attached hydrogen (secondary N) is 3. The van der Waals surface area contributed by atoms with E-state index in [0.717, 1.165) is 35.2 Å². The number of anilines is 2. The molecule has 0 bridgehead atoms. The van der Waals surface area contributed by atoms with Crippen molar-refractivity contribution in [1.29, 1.82) is 0 Å². The van der Waals surface area contributed by atoms with E-state index in [1.165, 1.54) is 28.8 Å². The van der Waals surface area contributed by atoms with Gasteiger partial charge in [-0.2, -0.15) is 10.2 Å². The second-order valence-corrected chi connectivity index (χ2v) is 9.10. The molecule has 1 fully saturated rings. The molecule has 4 rings (SSSR count). The van der Waals surface area contributed by atoms with E-state index in [-0.39, 0.29) is 11.6 Å². The van der Waals surface area contributed by atoms with Crippen molar-refractivity contribution in [3.63, 3.8) is 0 Å². The molecule has 0 saturated heterocycles. The third-order valence-electron chi connectivity index (χ3n) is 5.69. The molecule has 1 aliphatic carbocycles. The van der Waals surface area contributed by atoms with Crippen LogP contribution in [-0.4, -0.2) is 39.5 Å². The number of aliphatic imine (C=N–C) groups is 1. The molecule has 34 heavy (non-hydrogen) atoms. The number of amidine groups is 1. The molecule has 7 nitrogen and oxygen atoms in total. The molecule has 0 aliphatic heterocycles. The number of rotatable bonds is 8. The lowest BCUT2D eigenvalue weighted by molar-refractivity contribution is 0.579.